The Morgan fingerprint density at radius 2 is 2.14 bits per heavy atom. The van der Waals surface area contributed by atoms with Crippen molar-refractivity contribution >= 4 is 28.3 Å². The van der Waals surface area contributed by atoms with Crippen molar-refractivity contribution in [2.75, 3.05) is 7.05 Å². The smallest absolute Gasteiger partial charge is 0.267 e. The highest BCUT2D eigenvalue weighted by atomic mass is 35.5. The molecule has 0 saturated heterocycles. The lowest BCUT2D eigenvalue weighted by molar-refractivity contribution is 0.959. The number of benzene rings is 1. The quantitative estimate of drug-likeness (QED) is 0.500. The number of hydrogen-bond acceptors (Lipinski definition) is 4. The van der Waals surface area contributed by atoms with E-state index in [9.17, 15) is 4.79 Å². The predicted octanol–water partition coefficient (Wildman–Crippen LogP) is 2.21. The Labute approximate surface area is 124 Å². The van der Waals surface area contributed by atoms with Gasteiger partial charge in [-0.1, -0.05) is 11.6 Å². The summed E-state index contributed by atoms with van der Waals surface area (Å²) in [5, 5.41) is 1.08. The van der Waals surface area contributed by atoms with E-state index in [2.05, 4.69) is 15.0 Å². The average molecular weight is 297 g/mol. The van der Waals surface area contributed by atoms with E-state index in [-0.39, 0.29) is 5.56 Å². The van der Waals surface area contributed by atoms with Crippen molar-refractivity contribution < 1.29 is 0 Å². The average Bonchev–Trinajstić information content (AvgIpc) is 2.80. The molecule has 5 nitrogen and oxygen atoms in total. The Balaban J connectivity index is 2.21. The molecule has 6 heteroatoms. The molecule has 0 atom stereocenters. The molecule has 0 unspecified atom stereocenters. The summed E-state index contributed by atoms with van der Waals surface area (Å²) in [5.41, 5.74) is 2.49. The van der Waals surface area contributed by atoms with E-state index in [0.717, 1.165) is 11.3 Å². The van der Waals surface area contributed by atoms with Crippen molar-refractivity contribution in [2.45, 2.75) is 0 Å². The van der Waals surface area contributed by atoms with Gasteiger partial charge in [-0.15, -0.1) is 0 Å². The molecule has 4 rings (SSSR count). The summed E-state index contributed by atoms with van der Waals surface area (Å²) in [7, 11) is 1.67. The highest BCUT2D eigenvalue weighted by Gasteiger charge is 2.28. The minimum atomic E-state index is -0.148. The van der Waals surface area contributed by atoms with E-state index in [1.54, 1.807) is 42.1 Å². The van der Waals surface area contributed by atoms with Crippen molar-refractivity contribution in [2.24, 2.45) is 4.99 Å². The van der Waals surface area contributed by atoms with Crippen molar-refractivity contribution in [1.29, 1.82) is 0 Å². The van der Waals surface area contributed by atoms with Gasteiger partial charge in [0.2, 0.25) is 0 Å². The zero-order chi connectivity index (χ0) is 14.6. The van der Waals surface area contributed by atoms with E-state index < -0.39 is 0 Å². The molecular formula is C15H9ClN4O. The summed E-state index contributed by atoms with van der Waals surface area (Å²) in [4.78, 5) is 25.6. The molecule has 1 aliphatic heterocycles. The van der Waals surface area contributed by atoms with Gasteiger partial charge >= 0.3 is 0 Å². The van der Waals surface area contributed by atoms with Crippen LogP contribution in [0.2, 0.25) is 5.02 Å². The third-order valence-corrected chi connectivity index (χ3v) is 3.77. The van der Waals surface area contributed by atoms with Crippen LogP contribution in [0.25, 0.3) is 16.7 Å². The van der Waals surface area contributed by atoms with Gasteiger partial charge in [-0.3, -0.25) is 14.4 Å². The zero-order valence-electron chi connectivity index (χ0n) is 11.0. The van der Waals surface area contributed by atoms with Gasteiger partial charge in [-0.2, -0.15) is 0 Å². The fourth-order valence-electron chi connectivity index (χ4n) is 2.64. The summed E-state index contributed by atoms with van der Waals surface area (Å²) in [6.45, 7) is 0. The molecular weight excluding hydrogens is 288 g/mol. The van der Waals surface area contributed by atoms with Gasteiger partial charge in [-0.05, 0) is 30.3 Å². The number of halogens is 1. The maximum absolute atomic E-state index is 12.7. The molecule has 0 fully saturated rings. The van der Waals surface area contributed by atoms with Crippen LogP contribution < -0.4 is 5.56 Å². The lowest BCUT2D eigenvalue weighted by Gasteiger charge is -2.05. The molecule has 0 N–H and O–H groups in total. The number of pyridine rings is 1. The molecule has 3 heterocycles. The third kappa shape index (κ3) is 1.58. The van der Waals surface area contributed by atoms with Crippen LogP contribution in [0.4, 0.5) is 0 Å². The molecule has 0 bridgehead atoms. The molecule has 1 aliphatic rings. The number of rotatable bonds is 0. The maximum Gasteiger partial charge on any atom is 0.267 e. The largest absolute Gasteiger partial charge is 0.284 e. The molecule has 102 valence electrons. The summed E-state index contributed by atoms with van der Waals surface area (Å²) < 4.78 is 1.57. The van der Waals surface area contributed by atoms with Crippen molar-refractivity contribution in [3.05, 3.63) is 63.3 Å². The van der Waals surface area contributed by atoms with Crippen LogP contribution in [0.15, 0.2) is 46.3 Å². The van der Waals surface area contributed by atoms with Crippen molar-refractivity contribution in [3.63, 3.8) is 0 Å². The Bertz CT molecular complexity index is 991. The Kier molecular flexibility index (Phi) is 2.46. The first-order valence-electron chi connectivity index (χ1n) is 6.36. The molecule has 0 radical (unpaired) electrons. The predicted molar refractivity (Wildman–Crippen MR) is 81.7 cm³/mol. The fraction of sp³-hybridized carbons (Fsp3) is 0.0667. The van der Waals surface area contributed by atoms with Crippen molar-refractivity contribution in [1.82, 2.24) is 14.5 Å². The van der Waals surface area contributed by atoms with Crippen LogP contribution in [-0.4, -0.2) is 27.3 Å². The van der Waals surface area contributed by atoms with Crippen LogP contribution in [0.1, 0.15) is 11.4 Å². The molecule has 0 saturated carbocycles. The van der Waals surface area contributed by atoms with Gasteiger partial charge in [0.1, 0.15) is 5.71 Å². The minimum absolute atomic E-state index is 0.148. The highest BCUT2D eigenvalue weighted by molar-refractivity contribution is 6.31. The summed E-state index contributed by atoms with van der Waals surface area (Å²) in [5.74, 6) is 0.506. The molecule has 0 amide bonds. The number of aromatic nitrogens is 3. The Morgan fingerprint density at radius 3 is 2.95 bits per heavy atom. The first-order chi connectivity index (χ1) is 10.2. The van der Waals surface area contributed by atoms with Crippen LogP contribution in [0.5, 0.6) is 0 Å². The van der Waals surface area contributed by atoms with Crippen LogP contribution >= 0.6 is 11.6 Å². The SMILES string of the molecule is C/N=C1\c2cc(Cl)ccc2-n2c1nc1ncccc1c2=O. The molecule has 1 aromatic carbocycles. The third-order valence-electron chi connectivity index (χ3n) is 3.53. The van der Waals surface area contributed by atoms with Gasteiger partial charge in [0.05, 0.1) is 11.1 Å². The van der Waals surface area contributed by atoms with Gasteiger partial charge in [-0.25, -0.2) is 9.97 Å². The second kappa shape index (κ2) is 4.23. The standard InChI is InChI=1S/C15H9ClN4O/c1-17-12-10-7-8(16)4-5-11(10)20-14(12)19-13-9(15(20)21)3-2-6-18-13/h2-7H,1H3/b17-12+. The van der Waals surface area contributed by atoms with Gasteiger partial charge in [0, 0.05) is 23.8 Å². The highest BCUT2D eigenvalue weighted by Crippen LogP contribution is 2.28. The van der Waals surface area contributed by atoms with Gasteiger partial charge in [0.15, 0.2) is 11.5 Å². The summed E-state index contributed by atoms with van der Waals surface area (Å²) >= 11 is 6.06. The van der Waals surface area contributed by atoms with Crippen molar-refractivity contribution in [3.8, 4) is 5.69 Å². The molecule has 0 aliphatic carbocycles. The molecule has 0 spiro atoms. The van der Waals surface area contributed by atoms with Crippen LogP contribution in [0, 0.1) is 0 Å². The van der Waals surface area contributed by atoms with E-state index in [1.807, 2.05) is 6.07 Å². The van der Waals surface area contributed by atoms with Gasteiger partial charge < -0.3 is 0 Å². The lowest BCUT2D eigenvalue weighted by atomic mass is 10.1. The number of hydrogen-bond donors (Lipinski definition) is 0. The summed E-state index contributed by atoms with van der Waals surface area (Å²) in [6.07, 6.45) is 1.62. The van der Waals surface area contributed by atoms with E-state index >= 15 is 0 Å². The fourth-order valence-corrected chi connectivity index (χ4v) is 2.81. The van der Waals surface area contributed by atoms with Gasteiger partial charge in [0.25, 0.3) is 5.56 Å². The molecule has 3 aromatic rings. The number of nitrogens with zero attached hydrogens (tertiary/aromatic N) is 4. The van der Waals surface area contributed by atoms with E-state index in [4.69, 9.17) is 11.6 Å². The topological polar surface area (TPSA) is 60.1 Å². The Morgan fingerprint density at radius 1 is 1.29 bits per heavy atom. The maximum atomic E-state index is 12.7. The zero-order valence-corrected chi connectivity index (χ0v) is 11.8. The normalized spacial score (nSPS) is 14.5. The number of fused-ring (bicyclic) bond motifs is 4. The second-order valence-electron chi connectivity index (χ2n) is 4.68. The number of aliphatic imine (C=N–C) groups is 1. The lowest BCUT2D eigenvalue weighted by Crippen LogP contribution is -2.22. The second-order valence-corrected chi connectivity index (χ2v) is 5.12. The minimum Gasteiger partial charge on any atom is -0.284 e. The monoisotopic (exact) mass is 296 g/mol. The first-order valence-corrected chi connectivity index (χ1v) is 6.74. The van der Waals surface area contributed by atoms with Crippen LogP contribution in [-0.2, 0) is 0 Å². The first kappa shape index (κ1) is 12.2. The van der Waals surface area contributed by atoms with E-state index in [1.165, 1.54) is 0 Å². The molecule has 21 heavy (non-hydrogen) atoms. The van der Waals surface area contributed by atoms with Crippen LogP contribution in [0.3, 0.4) is 0 Å². The van der Waals surface area contributed by atoms with E-state index in [0.29, 0.717) is 27.6 Å². The molecule has 2 aromatic heterocycles. The Hall–Kier alpha value is -2.53. The summed E-state index contributed by atoms with van der Waals surface area (Å²) in [6, 6.07) is 8.81.